The summed E-state index contributed by atoms with van der Waals surface area (Å²) >= 11 is 0. The number of rotatable bonds is 3. The van der Waals surface area contributed by atoms with Crippen molar-refractivity contribution in [2.45, 2.75) is 32.0 Å². The minimum Gasteiger partial charge on any atom is -0.344 e. The van der Waals surface area contributed by atoms with E-state index in [2.05, 4.69) is 16.8 Å². The third kappa shape index (κ3) is 3.11. The Morgan fingerprint density at radius 1 is 1.53 bits per heavy atom. The van der Waals surface area contributed by atoms with Crippen LogP contribution < -0.4 is 5.73 Å². The van der Waals surface area contributed by atoms with Gasteiger partial charge in [-0.15, -0.1) is 0 Å². The van der Waals surface area contributed by atoms with Gasteiger partial charge in [0.2, 0.25) is 5.91 Å². The summed E-state index contributed by atoms with van der Waals surface area (Å²) in [6, 6.07) is 4.06. The second-order valence-electron chi connectivity index (χ2n) is 5.18. The van der Waals surface area contributed by atoms with Crippen molar-refractivity contribution in [1.82, 2.24) is 14.8 Å². The van der Waals surface area contributed by atoms with Crippen LogP contribution in [0.2, 0.25) is 0 Å². The molecule has 1 aliphatic heterocycles. The van der Waals surface area contributed by atoms with Gasteiger partial charge in [0.15, 0.2) is 0 Å². The Morgan fingerprint density at radius 2 is 2.32 bits per heavy atom. The molecule has 2 atom stereocenters. The van der Waals surface area contributed by atoms with E-state index in [1.165, 1.54) is 0 Å². The molecule has 1 amide bonds. The molecule has 2 heterocycles. The fourth-order valence-electron chi connectivity index (χ4n) is 2.56. The molecule has 0 aliphatic carbocycles. The molecule has 1 fully saturated rings. The lowest BCUT2D eigenvalue weighted by Gasteiger charge is -2.32. The molecule has 2 rings (SSSR count). The van der Waals surface area contributed by atoms with Crippen LogP contribution in [-0.4, -0.2) is 52.9 Å². The van der Waals surface area contributed by atoms with Crippen molar-refractivity contribution in [1.29, 1.82) is 0 Å². The lowest BCUT2D eigenvalue weighted by Crippen LogP contribution is -2.50. The summed E-state index contributed by atoms with van der Waals surface area (Å²) in [5.41, 5.74) is 6.94. The molecule has 1 aliphatic rings. The zero-order valence-corrected chi connectivity index (χ0v) is 11.6. The van der Waals surface area contributed by atoms with E-state index in [1.807, 2.05) is 25.4 Å². The first-order valence-corrected chi connectivity index (χ1v) is 6.73. The lowest BCUT2D eigenvalue weighted by atomic mass is 10.1. The van der Waals surface area contributed by atoms with Gasteiger partial charge in [0.25, 0.3) is 0 Å². The van der Waals surface area contributed by atoms with E-state index >= 15 is 0 Å². The molecule has 2 unspecified atom stereocenters. The number of hydrogen-bond donors (Lipinski definition) is 1. The number of carbonyl (C=O) groups excluding carboxylic acids is 1. The van der Waals surface area contributed by atoms with Crippen LogP contribution in [0.5, 0.6) is 0 Å². The highest BCUT2D eigenvalue weighted by Gasteiger charge is 2.33. The molecule has 0 saturated carbocycles. The third-order valence-corrected chi connectivity index (χ3v) is 3.82. The summed E-state index contributed by atoms with van der Waals surface area (Å²) in [6.45, 7) is 4.02. The van der Waals surface area contributed by atoms with Gasteiger partial charge in [0.05, 0.1) is 0 Å². The Labute approximate surface area is 114 Å². The highest BCUT2D eigenvalue weighted by Crippen LogP contribution is 2.19. The van der Waals surface area contributed by atoms with Crippen LogP contribution in [0, 0.1) is 0 Å². The van der Waals surface area contributed by atoms with Gasteiger partial charge in [-0.3, -0.25) is 14.7 Å². The smallest absolute Gasteiger partial charge is 0.241 e. The van der Waals surface area contributed by atoms with E-state index in [4.69, 9.17) is 5.73 Å². The summed E-state index contributed by atoms with van der Waals surface area (Å²) in [6.07, 6.45) is 4.58. The Morgan fingerprint density at radius 3 is 2.95 bits per heavy atom. The zero-order chi connectivity index (χ0) is 13.8. The van der Waals surface area contributed by atoms with Gasteiger partial charge in [-0.1, -0.05) is 6.07 Å². The topological polar surface area (TPSA) is 62.5 Å². The quantitative estimate of drug-likeness (QED) is 0.859. The first-order chi connectivity index (χ1) is 9.13. The molecule has 19 heavy (non-hydrogen) atoms. The lowest BCUT2D eigenvalue weighted by molar-refractivity contribution is -0.134. The summed E-state index contributed by atoms with van der Waals surface area (Å²) in [7, 11) is 1.85. The average Bonchev–Trinajstić information content (AvgIpc) is 2.53. The number of aromatic nitrogens is 1. The standard InChI is InChI=1S/C14H22N4O/c1-11-5-7-17(2)14(19)13(8-15)18(11)10-12-4-3-6-16-9-12/h3-4,6,9,11,13H,5,7-8,10,15H2,1-2H3. The van der Waals surface area contributed by atoms with Crippen LogP contribution in [0.25, 0.3) is 0 Å². The van der Waals surface area contributed by atoms with E-state index in [1.54, 1.807) is 11.1 Å². The minimum absolute atomic E-state index is 0.121. The highest BCUT2D eigenvalue weighted by atomic mass is 16.2. The predicted octanol–water partition coefficient (Wildman–Crippen LogP) is 0.462. The Bertz CT molecular complexity index is 423. The first kappa shape index (κ1) is 14.0. The Kier molecular flexibility index (Phi) is 4.50. The molecule has 5 nitrogen and oxygen atoms in total. The number of amides is 1. The summed E-state index contributed by atoms with van der Waals surface area (Å²) in [5, 5.41) is 0. The minimum atomic E-state index is -0.234. The second kappa shape index (κ2) is 6.12. The van der Waals surface area contributed by atoms with Crippen molar-refractivity contribution in [3.05, 3.63) is 30.1 Å². The van der Waals surface area contributed by atoms with Crippen molar-refractivity contribution in [3.63, 3.8) is 0 Å². The Balaban J connectivity index is 2.21. The summed E-state index contributed by atoms with van der Waals surface area (Å²) < 4.78 is 0. The maximum atomic E-state index is 12.3. The summed E-state index contributed by atoms with van der Waals surface area (Å²) in [4.78, 5) is 20.4. The highest BCUT2D eigenvalue weighted by molar-refractivity contribution is 5.82. The molecule has 2 N–H and O–H groups in total. The molecule has 1 aromatic heterocycles. The van der Waals surface area contributed by atoms with Crippen LogP contribution in [0.15, 0.2) is 24.5 Å². The molecule has 1 aromatic rings. The normalized spacial score (nSPS) is 25.4. The second-order valence-corrected chi connectivity index (χ2v) is 5.18. The van der Waals surface area contributed by atoms with Crippen LogP contribution in [0.4, 0.5) is 0 Å². The SMILES string of the molecule is CC1CCN(C)C(=O)C(CN)N1Cc1cccnc1. The number of likely N-dealkylation sites (N-methyl/N-ethyl adjacent to an activating group) is 1. The maximum Gasteiger partial charge on any atom is 0.241 e. The van der Waals surface area contributed by atoms with Gasteiger partial charge in [-0.2, -0.15) is 0 Å². The first-order valence-electron chi connectivity index (χ1n) is 6.73. The zero-order valence-electron chi connectivity index (χ0n) is 11.6. The number of nitrogens with two attached hydrogens (primary N) is 1. The van der Waals surface area contributed by atoms with Gasteiger partial charge >= 0.3 is 0 Å². The van der Waals surface area contributed by atoms with Gasteiger partial charge in [-0.25, -0.2) is 0 Å². The fraction of sp³-hybridized carbons (Fsp3) is 0.571. The van der Waals surface area contributed by atoms with Crippen LogP contribution in [0.1, 0.15) is 18.9 Å². The third-order valence-electron chi connectivity index (χ3n) is 3.82. The van der Waals surface area contributed by atoms with E-state index in [0.29, 0.717) is 12.6 Å². The largest absolute Gasteiger partial charge is 0.344 e. The molecule has 0 radical (unpaired) electrons. The van der Waals surface area contributed by atoms with Crippen molar-refractivity contribution in [2.75, 3.05) is 20.1 Å². The van der Waals surface area contributed by atoms with Crippen LogP contribution in [-0.2, 0) is 11.3 Å². The number of pyridine rings is 1. The van der Waals surface area contributed by atoms with Crippen LogP contribution >= 0.6 is 0 Å². The van der Waals surface area contributed by atoms with Crippen molar-refractivity contribution < 1.29 is 4.79 Å². The molecular weight excluding hydrogens is 240 g/mol. The molecule has 104 valence electrons. The van der Waals surface area contributed by atoms with E-state index < -0.39 is 0 Å². The van der Waals surface area contributed by atoms with Gasteiger partial charge in [0, 0.05) is 45.1 Å². The van der Waals surface area contributed by atoms with Gasteiger partial charge in [-0.05, 0) is 25.0 Å². The average molecular weight is 262 g/mol. The van der Waals surface area contributed by atoms with Gasteiger partial charge in [0.1, 0.15) is 6.04 Å². The van der Waals surface area contributed by atoms with Crippen molar-refractivity contribution in [2.24, 2.45) is 5.73 Å². The predicted molar refractivity (Wildman–Crippen MR) is 74.3 cm³/mol. The summed E-state index contributed by atoms with van der Waals surface area (Å²) in [5.74, 6) is 0.121. The number of carbonyl (C=O) groups is 1. The van der Waals surface area contributed by atoms with Gasteiger partial charge < -0.3 is 10.6 Å². The van der Waals surface area contributed by atoms with E-state index in [9.17, 15) is 4.79 Å². The van der Waals surface area contributed by atoms with Crippen molar-refractivity contribution >= 4 is 5.91 Å². The van der Waals surface area contributed by atoms with Crippen LogP contribution in [0.3, 0.4) is 0 Å². The van der Waals surface area contributed by atoms with E-state index in [0.717, 1.165) is 25.1 Å². The molecule has 5 heteroatoms. The maximum absolute atomic E-state index is 12.3. The number of nitrogens with zero attached hydrogens (tertiary/aromatic N) is 3. The fourth-order valence-corrected chi connectivity index (χ4v) is 2.56. The van der Waals surface area contributed by atoms with Crippen molar-refractivity contribution in [3.8, 4) is 0 Å². The molecule has 0 bridgehead atoms. The molecule has 0 aromatic carbocycles. The van der Waals surface area contributed by atoms with E-state index in [-0.39, 0.29) is 11.9 Å². The Hall–Kier alpha value is -1.46. The molecule has 1 saturated heterocycles. The molecule has 0 spiro atoms. The molecular formula is C14H22N4O. The number of hydrogen-bond acceptors (Lipinski definition) is 4. The monoisotopic (exact) mass is 262 g/mol.